The van der Waals surface area contributed by atoms with E-state index in [1.54, 1.807) is 5.57 Å². The Morgan fingerprint density at radius 2 is 1.57 bits per heavy atom. The molecule has 0 bridgehead atoms. The molecule has 0 fully saturated rings. The number of allylic oxidation sites excluding steroid dienone is 1. The molecule has 0 aliphatic rings. The smallest absolute Gasteiger partial charge is 0.119 e. The van der Waals surface area contributed by atoms with Crippen LogP contribution in [0.25, 0.3) is 0 Å². The molecule has 0 unspecified atom stereocenters. The summed E-state index contributed by atoms with van der Waals surface area (Å²) in [6.45, 7) is 4.56. The Kier molecular flexibility index (Phi) is 9.41. The Hall–Kier alpha value is -0.0831. The van der Waals surface area contributed by atoms with E-state index in [0.717, 1.165) is 0 Å². The van der Waals surface area contributed by atoms with Crippen LogP contribution in [0.5, 0.6) is 0 Å². The van der Waals surface area contributed by atoms with Gasteiger partial charge in [0.25, 0.3) is 0 Å². The molecule has 2 heteroatoms. The molecule has 0 spiro atoms. The largest absolute Gasteiger partial charge is 0.331 e. The molecule has 0 aromatic heterocycles. The number of nitrogens with zero attached hydrogens (tertiary/aromatic N) is 1. The van der Waals surface area contributed by atoms with Crippen molar-refractivity contribution in [3.05, 3.63) is 11.3 Å². The van der Waals surface area contributed by atoms with Crippen molar-refractivity contribution in [2.75, 3.05) is 14.1 Å². The van der Waals surface area contributed by atoms with Gasteiger partial charge in [0.05, 0.1) is 0 Å². The van der Waals surface area contributed by atoms with Crippen LogP contribution in [0.15, 0.2) is 11.3 Å². The molecule has 0 saturated heterocycles. The minimum atomic E-state index is -0.0860. The predicted molar refractivity (Wildman–Crippen MR) is 69.4 cm³/mol. The van der Waals surface area contributed by atoms with E-state index in [-0.39, 0.29) is 9.68 Å². The van der Waals surface area contributed by atoms with Gasteiger partial charge in [0.15, 0.2) is 0 Å². The molecule has 0 aliphatic carbocycles. The maximum absolute atomic E-state index is 2.56. The van der Waals surface area contributed by atoms with Crippen molar-refractivity contribution in [1.29, 1.82) is 0 Å². The van der Waals surface area contributed by atoms with Crippen molar-refractivity contribution in [1.82, 2.24) is 4.57 Å². The zero-order valence-corrected chi connectivity index (χ0v) is 11.9. The summed E-state index contributed by atoms with van der Waals surface area (Å²) in [5.41, 5.74) is 4.29. The molecule has 0 atom stereocenters. The van der Waals surface area contributed by atoms with Crippen LogP contribution in [0.2, 0.25) is 0 Å². The lowest BCUT2D eigenvalue weighted by Crippen LogP contribution is -2.15. The summed E-state index contributed by atoms with van der Waals surface area (Å²) < 4.78 is 2.37. The fourth-order valence-electron chi connectivity index (χ4n) is 1.45. The quantitative estimate of drug-likeness (QED) is 0.560. The van der Waals surface area contributed by atoms with Crippen LogP contribution in [-0.2, 0) is 0 Å². The number of rotatable bonds is 8. The molecule has 0 saturated carbocycles. The predicted octanol–water partition coefficient (Wildman–Crippen LogP) is 2.90. The Morgan fingerprint density at radius 1 is 1.07 bits per heavy atom. The molecule has 1 nitrogen and oxygen atoms in total. The second-order valence-electron chi connectivity index (χ2n) is 4.33. The van der Waals surface area contributed by atoms with Gasteiger partial charge in [0.1, 0.15) is 9.68 Å². The Labute approximate surface area is 92.5 Å². The highest BCUT2D eigenvalue weighted by Gasteiger charge is 1.97. The zero-order valence-electron chi connectivity index (χ0n) is 10.5. The van der Waals surface area contributed by atoms with E-state index < -0.39 is 0 Å². The van der Waals surface area contributed by atoms with Crippen LogP contribution in [0, 0.1) is 0 Å². The lowest BCUT2D eigenvalue weighted by Gasteiger charge is -2.09. The van der Waals surface area contributed by atoms with Crippen molar-refractivity contribution in [2.45, 2.75) is 52.4 Å². The third-order valence-corrected chi connectivity index (χ3v) is 3.94. The molecule has 0 aliphatic heterocycles. The Morgan fingerprint density at radius 3 is 1.93 bits per heavy atom. The highest BCUT2D eigenvalue weighted by atomic mass is 28.2. The lowest BCUT2D eigenvalue weighted by atomic mass is 10.1. The van der Waals surface area contributed by atoms with E-state index >= 15 is 0 Å². The zero-order chi connectivity index (χ0) is 10.8. The summed E-state index contributed by atoms with van der Waals surface area (Å²) in [6.07, 6.45) is 8.09. The van der Waals surface area contributed by atoms with Crippen LogP contribution < -0.4 is 0 Å². The monoisotopic (exact) mass is 213 g/mol. The van der Waals surface area contributed by atoms with Gasteiger partial charge in [0, 0.05) is 0 Å². The molecular formula is C12H27NSi. The van der Waals surface area contributed by atoms with E-state index in [0.29, 0.717) is 0 Å². The van der Waals surface area contributed by atoms with Crippen LogP contribution in [0.3, 0.4) is 0 Å². The highest BCUT2D eigenvalue weighted by Crippen LogP contribution is 2.14. The second-order valence-corrected chi connectivity index (χ2v) is 6.37. The van der Waals surface area contributed by atoms with Gasteiger partial charge in [-0.05, 0) is 39.8 Å². The molecule has 0 rings (SSSR count). The first-order chi connectivity index (χ1) is 6.70. The van der Waals surface area contributed by atoms with Gasteiger partial charge >= 0.3 is 0 Å². The second kappa shape index (κ2) is 9.47. The summed E-state index contributed by atoms with van der Waals surface area (Å²) in [5.74, 6) is 0. The number of hydrogen-bond acceptors (Lipinski definition) is 1. The molecule has 0 aromatic carbocycles. The van der Waals surface area contributed by atoms with Gasteiger partial charge in [-0.1, -0.05) is 38.0 Å². The molecule has 0 amide bonds. The first-order valence-electron chi connectivity index (χ1n) is 6.03. The Bertz CT molecular complexity index is 142. The van der Waals surface area contributed by atoms with Crippen LogP contribution >= 0.6 is 0 Å². The molecule has 0 radical (unpaired) electrons. The Balaban J connectivity index is 3.87. The van der Waals surface area contributed by atoms with Gasteiger partial charge in [-0.15, -0.1) is 0 Å². The highest BCUT2D eigenvalue weighted by molar-refractivity contribution is 6.38. The number of unbranched alkanes of at least 4 members (excludes halogenated alkanes) is 2. The summed E-state index contributed by atoms with van der Waals surface area (Å²) in [4.78, 5) is 0. The van der Waals surface area contributed by atoms with E-state index in [9.17, 15) is 0 Å². The van der Waals surface area contributed by atoms with Gasteiger partial charge in [-0.25, -0.2) is 0 Å². The average molecular weight is 213 g/mol. The van der Waals surface area contributed by atoms with Gasteiger partial charge in [-0.3, -0.25) is 0 Å². The van der Waals surface area contributed by atoms with Crippen LogP contribution in [0.4, 0.5) is 0 Å². The topological polar surface area (TPSA) is 3.24 Å². The van der Waals surface area contributed by atoms with E-state index in [1.165, 1.54) is 38.5 Å². The van der Waals surface area contributed by atoms with Gasteiger partial charge < -0.3 is 4.57 Å². The summed E-state index contributed by atoms with van der Waals surface area (Å²) >= 11 is 0. The fraction of sp³-hybridized carbons (Fsp3) is 0.833. The van der Waals surface area contributed by atoms with Crippen molar-refractivity contribution in [3.63, 3.8) is 0 Å². The van der Waals surface area contributed by atoms with Crippen molar-refractivity contribution < 1.29 is 0 Å². The third-order valence-electron chi connectivity index (χ3n) is 2.45. The standard InChI is InChI=1S/C12H27NSi/c1-5-7-9-12(10-8-6-2)11-14-13(3)4/h11H,5-10,14H2,1-4H3. The fourth-order valence-corrected chi connectivity index (χ4v) is 2.48. The maximum Gasteiger partial charge on any atom is 0.119 e. The lowest BCUT2D eigenvalue weighted by molar-refractivity contribution is 0.665. The van der Waals surface area contributed by atoms with E-state index in [1.807, 2.05) is 0 Å². The van der Waals surface area contributed by atoms with Gasteiger partial charge in [-0.2, -0.15) is 0 Å². The molecule has 0 N–H and O–H groups in total. The summed E-state index contributed by atoms with van der Waals surface area (Å²) in [7, 11) is 4.30. The first-order valence-corrected chi connectivity index (χ1v) is 7.48. The van der Waals surface area contributed by atoms with E-state index in [2.05, 4.69) is 38.2 Å². The minimum absolute atomic E-state index is 0.0860. The average Bonchev–Trinajstić information content (AvgIpc) is 2.16. The SMILES string of the molecule is CCCCC(=C[SiH2]N(C)C)CCCC. The molecule has 0 aromatic rings. The summed E-state index contributed by atoms with van der Waals surface area (Å²) in [6, 6.07) is 0. The summed E-state index contributed by atoms with van der Waals surface area (Å²) in [5, 5.41) is 0. The molecular weight excluding hydrogens is 186 g/mol. The first kappa shape index (κ1) is 13.9. The van der Waals surface area contributed by atoms with Crippen molar-refractivity contribution >= 4 is 9.68 Å². The molecule has 0 heterocycles. The third kappa shape index (κ3) is 8.51. The van der Waals surface area contributed by atoms with Gasteiger partial charge in [0.2, 0.25) is 0 Å². The van der Waals surface area contributed by atoms with Crippen molar-refractivity contribution in [3.8, 4) is 0 Å². The van der Waals surface area contributed by atoms with Crippen molar-refractivity contribution in [2.24, 2.45) is 0 Å². The molecule has 14 heavy (non-hydrogen) atoms. The minimum Gasteiger partial charge on any atom is -0.331 e. The normalized spacial score (nSPS) is 11.5. The van der Waals surface area contributed by atoms with Crippen LogP contribution in [-0.4, -0.2) is 28.3 Å². The van der Waals surface area contributed by atoms with E-state index in [4.69, 9.17) is 0 Å². The molecule has 84 valence electrons. The maximum atomic E-state index is 2.56. The van der Waals surface area contributed by atoms with Crippen LogP contribution in [0.1, 0.15) is 52.4 Å². The number of hydrogen-bond donors (Lipinski definition) is 0.